The maximum atomic E-state index is 13.6. The molecule has 0 unspecified atom stereocenters. The summed E-state index contributed by atoms with van der Waals surface area (Å²) in [7, 11) is 0. The van der Waals surface area contributed by atoms with Gasteiger partial charge < -0.3 is 5.32 Å². The number of benzene rings is 1. The van der Waals surface area contributed by atoms with E-state index in [-0.39, 0.29) is 29.3 Å². The molecule has 2 rings (SSSR count). The lowest BCUT2D eigenvalue weighted by atomic mass is 10.0. The van der Waals surface area contributed by atoms with Gasteiger partial charge in [-0.15, -0.1) is 24.8 Å². The molecule has 1 heterocycles. The van der Waals surface area contributed by atoms with Crippen LogP contribution in [0, 0.1) is 5.82 Å². The van der Waals surface area contributed by atoms with Gasteiger partial charge in [-0.1, -0.05) is 6.07 Å². The van der Waals surface area contributed by atoms with Crippen molar-refractivity contribution in [3.05, 3.63) is 34.1 Å². The normalized spacial score (nSPS) is 17.3. The highest BCUT2D eigenvalue weighted by Crippen LogP contribution is 2.35. The maximum Gasteiger partial charge on any atom is 0.390 e. The summed E-state index contributed by atoms with van der Waals surface area (Å²) in [6.07, 6.45) is -5.24. The van der Waals surface area contributed by atoms with Gasteiger partial charge in [0, 0.05) is 32.2 Å². The summed E-state index contributed by atoms with van der Waals surface area (Å²) in [5.41, 5.74) is 0.366. The number of rotatable bonds is 3. The van der Waals surface area contributed by atoms with E-state index in [1.807, 2.05) is 0 Å². The summed E-state index contributed by atoms with van der Waals surface area (Å²) >= 11 is 3.02. The average molecular weight is 428 g/mol. The Morgan fingerprint density at radius 2 is 1.77 bits per heavy atom. The topological polar surface area (TPSA) is 15.3 Å². The Morgan fingerprint density at radius 3 is 2.27 bits per heavy atom. The minimum Gasteiger partial charge on any atom is -0.314 e. The molecule has 22 heavy (non-hydrogen) atoms. The summed E-state index contributed by atoms with van der Waals surface area (Å²) in [6.45, 7) is 2.34. The number of alkyl halides is 3. The summed E-state index contributed by atoms with van der Waals surface area (Å²) in [5.74, 6) is -0.537. The number of nitrogens with one attached hydrogen (secondary N) is 1. The highest BCUT2D eigenvalue weighted by atomic mass is 79.9. The monoisotopic (exact) mass is 426 g/mol. The van der Waals surface area contributed by atoms with Crippen LogP contribution in [-0.4, -0.2) is 37.3 Å². The molecule has 1 aromatic rings. The van der Waals surface area contributed by atoms with Crippen molar-refractivity contribution in [3.8, 4) is 0 Å². The molecule has 0 aromatic heterocycles. The third-order valence-electron chi connectivity index (χ3n) is 3.35. The first-order valence-corrected chi connectivity index (χ1v) is 7.12. The van der Waals surface area contributed by atoms with Gasteiger partial charge in [-0.2, -0.15) is 13.2 Å². The summed E-state index contributed by atoms with van der Waals surface area (Å²) in [4.78, 5) is 1.76. The van der Waals surface area contributed by atoms with Crippen molar-refractivity contribution in [2.45, 2.75) is 18.6 Å². The number of nitrogens with zero attached hydrogens (tertiary/aromatic N) is 1. The first-order valence-electron chi connectivity index (χ1n) is 6.33. The molecular formula is C13H17BrCl2F4N2. The number of hydrogen-bond donors (Lipinski definition) is 1. The van der Waals surface area contributed by atoms with E-state index in [2.05, 4.69) is 21.2 Å². The zero-order valence-corrected chi connectivity index (χ0v) is 14.7. The van der Waals surface area contributed by atoms with Crippen LogP contribution in [0.3, 0.4) is 0 Å². The average Bonchev–Trinajstić information content (AvgIpc) is 2.39. The SMILES string of the molecule is Cl.Cl.Fc1cc([C@H](CC(F)(F)F)N2CCNCC2)ccc1Br. The second-order valence-corrected chi connectivity index (χ2v) is 5.65. The molecule has 1 aromatic carbocycles. The predicted molar refractivity (Wildman–Crippen MR) is 86.5 cm³/mol. The van der Waals surface area contributed by atoms with Crippen molar-refractivity contribution >= 4 is 40.7 Å². The van der Waals surface area contributed by atoms with Gasteiger partial charge in [0.1, 0.15) is 5.82 Å². The molecule has 0 bridgehead atoms. The van der Waals surface area contributed by atoms with Crippen LogP contribution in [0.2, 0.25) is 0 Å². The van der Waals surface area contributed by atoms with E-state index in [0.29, 0.717) is 31.7 Å². The maximum absolute atomic E-state index is 13.6. The molecule has 0 spiro atoms. The van der Waals surface area contributed by atoms with E-state index in [1.54, 1.807) is 11.0 Å². The first kappa shape index (κ1) is 21.9. The van der Waals surface area contributed by atoms with Crippen molar-refractivity contribution < 1.29 is 17.6 Å². The summed E-state index contributed by atoms with van der Waals surface area (Å²) in [5, 5.41) is 3.10. The van der Waals surface area contributed by atoms with Crippen molar-refractivity contribution in [2.24, 2.45) is 0 Å². The zero-order chi connectivity index (χ0) is 14.8. The van der Waals surface area contributed by atoms with E-state index in [4.69, 9.17) is 0 Å². The third-order valence-corrected chi connectivity index (χ3v) is 3.99. The quantitative estimate of drug-likeness (QED) is 0.722. The van der Waals surface area contributed by atoms with Crippen LogP contribution in [0.4, 0.5) is 17.6 Å². The van der Waals surface area contributed by atoms with Gasteiger partial charge in [-0.05, 0) is 33.6 Å². The van der Waals surface area contributed by atoms with Crippen molar-refractivity contribution in [3.63, 3.8) is 0 Å². The van der Waals surface area contributed by atoms with E-state index in [0.717, 1.165) is 0 Å². The molecule has 1 N–H and O–H groups in total. The Labute approximate surface area is 147 Å². The van der Waals surface area contributed by atoms with Crippen LogP contribution in [0.5, 0.6) is 0 Å². The molecular weight excluding hydrogens is 411 g/mol. The second-order valence-electron chi connectivity index (χ2n) is 4.79. The largest absolute Gasteiger partial charge is 0.390 e. The lowest BCUT2D eigenvalue weighted by Crippen LogP contribution is -2.46. The second kappa shape index (κ2) is 9.27. The Morgan fingerprint density at radius 1 is 1.18 bits per heavy atom. The third kappa shape index (κ3) is 6.20. The van der Waals surface area contributed by atoms with Crippen LogP contribution in [0.15, 0.2) is 22.7 Å². The minimum atomic E-state index is -4.28. The zero-order valence-electron chi connectivity index (χ0n) is 11.5. The van der Waals surface area contributed by atoms with Crippen molar-refractivity contribution in [1.82, 2.24) is 10.2 Å². The number of piperazine rings is 1. The highest BCUT2D eigenvalue weighted by Gasteiger charge is 2.36. The molecule has 2 nitrogen and oxygen atoms in total. The molecule has 1 atom stereocenters. The van der Waals surface area contributed by atoms with E-state index >= 15 is 0 Å². The summed E-state index contributed by atoms with van der Waals surface area (Å²) in [6, 6.07) is 3.35. The Kier molecular flexibility index (Phi) is 9.24. The predicted octanol–water partition coefficient (Wildman–Crippen LogP) is 4.33. The van der Waals surface area contributed by atoms with Crippen LogP contribution in [0.1, 0.15) is 18.0 Å². The van der Waals surface area contributed by atoms with Crippen LogP contribution in [-0.2, 0) is 0 Å². The molecule has 9 heteroatoms. The first-order chi connectivity index (χ1) is 9.37. The number of halogens is 7. The standard InChI is InChI=1S/C13H15BrF4N2.2ClH/c14-10-2-1-9(7-11(10)15)12(8-13(16,17)18)20-5-3-19-4-6-20;;/h1-2,7,12,19H,3-6,8H2;2*1H/t12-;;/m0../s1. The minimum absolute atomic E-state index is 0. The lowest BCUT2D eigenvalue weighted by molar-refractivity contribution is -0.148. The van der Waals surface area contributed by atoms with Gasteiger partial charge in [0.25, 0.3) is 0 Å². The van der Waals surface area contributed by atoms with Gasteiger partial charge in [0.05, 0.1) is 10.9 Å². The van der Waals surface area contributed by atoms with Crippen LogP contribution in [0.25, 0.3) is 0 Å². The molecule has 128 valence electrons. The fraction of sp³-hybridized carbons (Fsp3) is 0.538. The number of hydrogen-bond acceptors (Lipinski definition) is 2. The van der Waals surface area contributed by atoms with Gasteiger partial charge >= 0.3 is 6.18 Å². The fourth-order valence-electron chi connectivity index (χ4n) is 2.39. The highest BCUT2D eigenvalue weighted by molar-refractivity contribution is 9.10. The Balaban J connectivity index is 0.00000220. The molecule has 1 aliphatic heterocycles. The molecule has 0 amide bonds. The summed E-state index contributed by atoms with van der Waals surface area (Å²) < 4.78 is 52.2. The molecule has 1 aliphatic rings. The fourth-order valence-corrected chi connectivity index (χ4v) is 2.64. The molecule has 0 aliphatic carbocycles. The Hall–Kier alpha value is -0.0800. The van der Waals surface area contributed by atoms with Crippen molar-refractivity contribution in [1.29, 1.82) is 0 Å². The molecule has 1 fully saturated rings. The smallest absolute Gasteiger partial charge is 0.314 e. The van der Waals surface area contributed by atoms with Crippen LogP contribution < -0.4 is 5.32 Å². The van der Waals surface area contributed by atoms with E-state index in [1.165, 1.54) is 12.1 Å². The Bertz CT molecular complexity index is 468. The van der Waals surface area contributed by atoms with Gasteiger partial charge in [-0.25, -0.2) is 4.39 Å². The van der Waals surface area contributed by atoms with Gasteiger partial charge in [0.15, 0.2) is 0 Å². The molecule has 1 saturated heterocycles. The molecule has 0 saturated carbocycles. The lowest BCUT2D eigenvalue weighted by Gasteiger charge is -2.35. The van der Waals surface area contributed by atoms with E-state index < -0.39 is 24.5 Å². The van der Waals surface area contributed by atoms with Crippen LogP contribution >= 0.6 is 40.7 Å². The van der Waals surface area contributed by atoms with Gasteiger partial charge in [0.2, 0.25) is 0 Å². The van der Waals surface area contributed by atoms with Crippen molar-refractivity contribution in [2.75, 3.05) is 26.2 Å². The van der Waals surface area contributed by atoms with Gasteiger partial charge in [-0.3, -0.25) is 4.90 Å². The molecule has 0 radical (unpaired) electrons. The van der Waals surface area contributed by atoms with E-state index in [9.17, 15) is 17.6 Å².